The maximum absolute atomic E-state index is 5.86. The molecule has 0 bridgehead atoms. The standard InChI is InChI=1S/C16H21N5O/c1-10(2)9-22-16-14-13(5-6-17-16)19-20-15(14)12-7-18-21(8-12)11(3)4/h5-8,10-11H,9H2,1-4H3,(H,19,20). The lowest BCUT2D eigenvalue weighted by molar-refractivity contribution is 0.265. The van der Waals surface area contributed by atoms with Crippen LogP contribution in [0.3, 0.4) is 0 Å². The molecule has 0 fully saturated rings. The molecule has 1 N–H and O–H groups in total. The van der Waals surface area contributed by atoms with Gasteiger partial charge in [-0.2, -0.15) is 10.2 Å². The summed E-state index contributed by atoms with van der Waals surface area (Å²) in [7, 11) is 0. The molecule has 3 aromatic heterocycles. The zero-order valence-corrected chi connectivity index (χ0v) is 13.4. The molecule has 116 valence electrons. The van der Waals surface area contributed by atoms with E-state index in [0.29, 0.717) is 24.4 Å². The average Bonchev–Trinajstić information content (AvgIpc) is 3.11. The summed E-state index contributed by atoms with van der Waals surface area (Å²) < 4.78 is 7.77. The minimum absolute atomic E-state index is 0.314. The number of aromatic amines is 1. The Balaban J connectivity index is 2.05. The molecule has 22 heavy (non-hydrogen) atoms. The van der Waals surface area contributed by atoms with Gasteiger partial charge in [-0.15, -0.1) is 0 Å². The quantitative estimate of drug-likeness (QED) is 0.783. The summed E-state index contributed by atoms with van der Waals surface area (Å²) in [6.07, 6.45) is 5.56. The number of nitrogens with zero attached hydrogens (tertiary/aromatic N) is 4. The van der Waals surface area contributed by atoms with E-state index in [4.69, 9.17) is 4.74 Å². The molecule has 0 spiro atoms. The highest BCUT2D eigenvalue weighted by molar-refractivity contribution is 5.96. The molecule has 3 heterocycles. The summed E-state index contributed by atoms with van der Waals surface area (Å²) in [5.74, 6) is 1.06. The van der Waals surface area contributed by atoms with Gasteiger partial charge in [0.1, 0.15) is 5.69 Å². The summed E-state index contributed by atoms with van der Waals surface area (Å²) in [6, 6.07) is 2.22. The van der Waals surface area contributed by atoms with E-state index >= 15 is 0 Å². The van der Waals surface area contributed by atoms with E-state index in [-0.39, 0.29) is 0 Å². The number of hydrogen-bond donors (Lipinski definition) is 1. The minimum Gasteiger partial charge on any atom is -0.477 e. The summed E-state index contributed by atoms with van der Waals surface area (Å²) in [5, 5.41) is 12.8. The van der Waals surface area contributed by atoms with Crippen molar-refractivity contribution in [2.24, 2.45) is 5.92 Å². The number of rotatable bonds is 5. The fraction of sp³-hybridized carbons (Fsp3) is 0.438. The van der Waals surface area contributed by atoms with Crippen LogP contribution in [0.5, 0.6) is 5.88 Å². The van der Waals surface area contributed by atoms with Gasteiger partial charge in [0.15, 0.2) is 0 Å². The molecule has 0 aliphatic heterocycles. The Morgan fingerprint density at radius 2 is 2.09 bits per heavy atom. The van der Waals surface area contributed by atoms with Gasteiger partial charge in [-0.25, -0.2) is 4.98 Å². The predicted octanol–water partition coefficient (Wildman–Crippen LogP) is 3.44. The Labute approximate surface area is 129 Å². The number of H-pyrrole nitrogens is 1. The van der Waals surface area contributed by atoms with Crippen LogP contribution < -0.4 is 4.74 Å². The largest absolute Gasteiger partial charge is 0.477 e. The van der Waals surface area contributed by atoms with Gasteiger partial charge in [0.2, 0.25) is 5.88 Å². The molecule has 0 saturated heterocycles. The highest BCUT2D eigenvalue weighted by Crippen LogP contribution is 2.32. The fourth-order valence-electron chi connectivity index (χ4n) is 2.24. The molecule has 0 unspecified atom stereocenters. The lowest BCUT2D eigenvalue weighted by atomic mass is 10.1. The Kier molecular flexibility index (Phi) is 3.83. The number of nitrogens with one attached hydrogen (secondary N) is 1. The van der Waals surface area contributed by atoms with Gasteiger partial charge in [-0.05, 0) is 25.8 Å². The summed E-state index contributed by atoms with van der Waals surface area (Å²) in [6.45, 7) is 9.05. The van der Waals surface area contributed by atoms with Gasteiger partial charge in [0.25, 0.3) is 0 Å². The number of fused-ring (bicyclic) bond motifs is 1. The first-order valence-corrected chi connectivity index (χ1v) is 7.56. The van der Waals surface area contributed by atoms with Gasteiger partial charge in [0.05, 0.1) is 23.7 Å². The van der Waals surface area contributed by atoms with Crippen LogP contribution in [0.15, 0.2) is 24.7 Å². The number of ether oxygens (including phenoxy) is 1. The molecule has 0 aliphatic rings. The van der Waals surface area contributed by atoms with E-state index in [1.165, 1.54) is 0 Å². The van der Waals surface area contributed by atoms with Crippen LogP contribution in [0.1, 0.15) is 33.7 Å². The molecule has 6 nitrogen and oxygen atoms in total. The van der Waals surface area contributed by atoms with Crippen LogP contribution in [0.4, 0.5) is 0 Å². The maximum Gasteiger partial charge on any atom is 0.225 e. The minimum atomic E-state index is 0.314. The van der Waals surface area contributed by atoms with Crippen molar-refractivity contribution < 1.29 is 4.74 Å². The van der Waals surface area contributed by atoms with Crippen LogP contribution >= 0.6 is 0 Å². The molecule has 3 aromatic rings. The second-order valence-corrected chi connectivity index (χ2v) is 6.12. The van der Waals surface area contributed by atoms with Crippen molar-refractivity contribution in [1.82, 2.24) is 25.0 Å². The normalized spacial score (nSPS) is 11.7. The lowest BCUT2D eigenvalue weighted by Crippen LogP contribution is -2.05. The van der Waals surface area contributed by atoms with E-state index in [0.717, 1.165) is 22.2 Å². The zero-order chi connectivity index (χ0) is 15.7. The Morgan fingerprint density at radius 1 is 1.27 bits per heavy atom. The Hall–Kier alpha value is -2.37. The van der Waals surface area contributed by atoms with Crippen LogP contribution in [0.2, 0.25) is 0 Å². The van der Waals surface area contributed by atoms with Crippen molar-refractivity contribution in [2.75, 3.05) is 6.61 Å². The lowest BCUT2D eigenvalue weighted by Gasteiger charge is -2.08. The average molecular weight is 299 g/mol. The number of hydrogen-bond acceptors (Lipinski definition) is 4. The van der Waals surface area contributed by atoms with E-state index < -0.39 is 0 Å². The third kappa shape index (κ3) is 2.68. The zero-order valence-electron chi connectivity index (χ0n) is 13.4. The summed E-state index contributed by atoms with van der Waals surface area (Å²) >= 11 is 0. The molecule has 0 amide bonds. The van der Waals surface area contributed by atoms with E-state index in [1.807, 2.05) is 23.1 Å². The molecular weight excluding hydrogens is 278 g/mol. The second-order valence-electron chi connectivity index (χ2n) is 6.12. The van der Waals surface area contributed by atoms with Crippen molar-refractivity contribution in [1.29, 1.82) is 0 Å². The van der Waals surface area contributed by atoms with Gasteiger partial charge in [-0.1, -0.05) is 13.8 Å². The monoisotopic (exact) mass is 299 g/mol. The number of pyridine rings is 1. The van der Waals surface area contributed by atoms with E-state index in [9.17, 15) is 0 Å². The van der Waals surface area contributed by atoms with Gasteiger partial charge in [-0.3, -0.25) is 9.78 Å². The van der Waals surface area contributed by atoms with Crippen LogP contribution in [0, 0.1) is 5.92 Å². The van der Waals surface area contributed by atoms with Gasteiger partial charge < -0.3 is 4.74 Å². The summed E-state index contributed by atoms with van der Waals surface area (Å²) in [4.78, 5) is 4.37. The third-order valence-corrected chi connectivity index (χ3v) is 3.40. The Morgan fingerprint density at radius 3 is 2.77 bits per heavy atom. The smallest absolute Gasteiger partial charge is 0.225 e. The maximum atomic E-state index is 5.86. The van der Waals surface area contributed by atoms with Crippen molar-refractivity contribution in [3.63, 3.8) is 0 Å². The van der Waals surface area contributed by atoms with Crippen molar-refractivity contribution in [3.8, 4) is 17.1 Å². The molecule has 0 radical (unpaired) electrons. The summed E-state index contributed by atoms with van der Waals surface area (Å²) in [5.41, 5.74) is 2.71. The molecule has 6 heteroatoms. The highest BCUT2D eigenvalue weighted by Gasteiger charge is 2.16. The van der Waals surface area contributed by atoms with E-state index in [1.54, 1.807) is 6.20 Å². The van der Waals surface area contributed by atoms with Crippen molar-refractivity contribution in [2.45, 2.75) is 33.7 Å². The van der Waals surface area contributed by atoms with Crippen LogP contribution in [-0.2, 0) is 0 Å². The van der Waals surface area contributed by atoms with Gasteiger partial charge in [0, 0.05) is 24.0 Å². The Bertz CT molecular complexity index is 772. The second kappa shape index (κ2) is 5.79. The van der Waals surface area contributed by atoms with Crippen molar-refractivity contribution >= 4 is 10.9 Å². The molecule has 0 aliphatic carbocycles. The first kappa shape index (κ1) is 14.6. The molecule has 0 saturated carbocycles. The fourth-order valence-corrected chi connectivity index (χ4v) is 2.24. The first-order valence-electron chi connectivity index (χ1n) is 7.56. The topological polar surface area (TPSA) is 68.6 Å². The van der Waals surface area contributed by atoms with Crippen LogP contribution in [-0.4, -0.2) is 31.6 Å². The third-order valence-electron chi connectivity index (χ3n) is 3.40. The first-order chi connectivity index (χ1) is 10.6. The molecular formula is C16H21N5O. The predicted molar refractivity (Wildman–Crippen MR) is 85.8 cm³/mol. The van der Waals surface area contributed by atoms with Crippen LogP contribution in [0.25, 0.3) is 22.2 Å². The highest BCUT2D eigenvalue weighted by atomic mass is 16.5. The molecule has 3 rings (SSSR count). The molecule has 0 atom stereocenters. The molecule has 0 aromatic carbocycles. The van der Waals surface area contributed by atoms with Gasteiger partial charge >= 0.3 is 0 Å². The SMILES string of the molecule is CC(C)COc1nccc2[nH]nc(-c3cnn(C(C)C)c3)c12. The van der Waals surface area contributed by atoms with Crippen molar-refractivity contribution in [3.05, 3.63) is 24.7 Å². The number of aromatic nitrogens is 5. The van der Waals surface area contributed by atoms with E-state index in [2.05, 4.69) is 48.0 Å².